The predicted molar refractivity (Wildman–Crippen MR) is 130 cm³/mol. The minimum absolute atomic E-state index is 0.110. The van der Waals surface area contributed by atoms with Crippen molar-refractivity contribution in [1.29, 1.82) is 0 Å². The quantitative estimate of drug-likeness (QED) is 0.546. The topological polar surface area (TPSA) is 96.0 Å². The summed E-state index contributed by atoms with van der Waals surface area (Å²) in [5, 5.41) is 3.05. The van der Waals surface area contributed by atoms with Crippen LogP contribution in [0.25, 0.3) is 0 Å². The van der Waals surface area contributed by atoms with Gasteiger partial charge in [0.1, 0.15) is 18.3 Å². The highest BCUT2D eigenvalue weighted by atomic mass is 35.5. The largest absolute Gasteiger partial charge is 0.497 e. The first-order valence-electron chi connectivity index (χ1n) is 10.4. The molecule has 0 aliphatic heterocycles. The minimum atomic E-state index is -3.80. The fourth-order valence-corrected chi connectivity index (χ4v) is 4.68. The van der Waals surface area contributed by atoms with E-state index in [0.717, 1.165) is 16.1 Å². The SMILES string of the molecule is CC[C@@H](C(=O)NC)N(Cc1cccc(OC)c1)C(=O)CN(c1ccc(Cl)cc1C)S(C)(=O)=O. The lowest BCUT2D eigenvalue weighted by atomic mass is 10.1. The minimum Gasteiger partial charge on any atom is -0.497 e. The van der Waals surface area contributed by atoms with Gasteiger partial charge in [0.25, 0.3) is 0 Å². The summed E-state index contributed by atoms with van der Waals surface area (Å²) in [5.41, 5.74) is 1.71. The first-order valence-corrected chi connectivity index (χ1v) is 12.6. The molecule has 0 aromatic heterocycles. The number of rotatable bonds is 10. The number of anilines is 1. The molecule has 0 spiro atoms. The van der Waals surface area contributed by atoms with Gasteiger partial charge in [-0.05, 0) is 54.8 Å². The Hall–Kier alpha value is -2.78. The van der Waals surface area contributed by atoms with Gasteiger partial charge in [0.05, 0.1) is 19.1 Å². The van der Waals surface area contributed by atoms with Crippen LogP contribution in [0.4, 0.5) is 5.69 Å². The van der Waals surface area contributed by atoms with Crippen LogP contribution >= 0.6 is 11.6 Å². The highest BCUT2D eigenvalue weighted by molar-refractivity contribution is 7.92. The van der Waals surface area contributed by atoms with Gasteiger partial charge in [-0.15, -0.1) is 0 Å². The molecule has 1 atom stereocenters. The van der Waals surface area contributed by atoms with Gasteiger partial charge in [-0.2, -0.15) is 0 Å². The van der Waals surface area contributed by atoms with Gasteiger partial charge in [0.15, 0.2) is 0 Å². The van der Waals surface area contributed by atoms with Crippen LogP contribution in [0.2, 0.25) is 5.02 Å². The zero-order chi connectivity index (χ0) is 24.8. The molecule has 0 aliphatic rings. The van der Waals surface area contributed by atoms with Crippen molar-refractivity contribution in [3.63, 3.8) is 0 Å². The molecule has 10 heteroatoms. The molecule has 1 N–H and O–H groups in total. The number of ether oxygens (including phenoxy) is 1. The lowest BCUT2D eigenvalue weighted by molar-refractivity contribution is -0.140. The highest BCUT2D eigenvalue weighted by Crippen LogP contribution is 2.26. The maximum absolute atomic E-state index is 13.5. The number of halogens is 1. The molecule has 33 heavy (non-hydrogen) atoms. The van der Waals surface area contributed by atoms with Crippen LogP contribution in [0.1, 0.15) is 24.5 Å². The lowest BCUT2D eigenvalue weighted by Crippen LogP contribution is -2.51. The molecule has 0 unspecified atom stereocenters. The predicted octanol–water partition coefficient (Wildman–Crippen LogP) is 2.98. The number of aryl methyl sites for hydroxylation is 1. The number of hydrogen-bond donors (Lipinski definition) is 1. The fraction of sp³-hybridized carbons (Fsp3) is 0.391. The number of carbonyl (C=O) groups is 2. The summed E-state index contributed by atoms with van der Waals surface area (Å²) >= 11 is 6.02. The number of benzene rings is 2. The first kappa shape index (κ1) is 26.5. The van der Waals surface area contributed by atoms with E-state index in [2.05, 4.69) is 5.32 Å². The Kier molecular flexibility index (Phi) is 9.13. The molecule has 2 rings (SSSR count). The third-order valence-corrected chi connectivity index (χ3v) is 6.59. The van der Waals surface area contributed by atoms with Gasteiger partial charge >= 0.3 is 0 Å². The van der Waals surface area contributed by atoms with Crippen LogP contribution in [-0.2, 0) is 26.2 Å². The van der Waals surface area contributed by atoms with E-state index in [1.807, 2.05) is 6.07 Å². The van der Waals surface area contributed by atoms with E-state index in [1.165, 1.54) is 11.9 Å². The Balaban J connectivity index is 2.47. The maximum Gasteiger partial charge on any atom is 0.244 e. The second kappa shape index (κ2) is 11.4. The summed E-state index contributed by atoms with van der Waals surface area (Å²) in [4.78, 5) is 27.5. The Labute approximate surface area is 200 Å². The summed E-state index contributed by atoms with van der Waals surface area (Å²) in [6.45, 7) is 3.17. The van der Waals surface area contributed by atoms with Gasteiger partial charge in [0, 0.05) is 18.6 Å². The molecule has 2 aromatic carbocycles. The number of likely N-dealkylation sites (N-methyl/N-ethyl adjacent to an activating group) is 1. The van der Waals surface area contributed by atoms with E-state index in [-0.39, 0.29) is 12.5 Å². The van der Waals surface area contributed by atoms with Crippen LogP contribution in [-0.4, -0.2) is 58.1 Å². The second-order valence-electron chi connectivity index (χ2n) is 7.61. The molecule has 180 valence electrons. The summed E-state index contributed by atoms with van der Waals surface area (Å²) < 4.78 is 31.5. The van der Waals surface area contributed by atoms with E-state index in [9.17, 15) is 18.0 Å². The molecule has 0 saturated carbocycles. The monoisotopic (exact) mass is 495 g/mol. The van der Waals surface area contributed by atoms with Crippen molar-refractivity contribution in [2.45, 2.75) is 32.9 Å². The van der Waals surface area contributed by atoms with Crippen molar-refractivity contribution >= 4 is 39.1 Å². The highest BCUT2D eigenvalue weighted by Gasteiger charge is 2.31. The number of nitrogens with one attached hydrogen (secondary N) is 1. The number of amides is 2. The van der Waals surface area contributed by atoms with E-state index in [1.54, 1.807) is 57.4 Å². The molecule has 0 heterocycles. The van der Waals surface area contributed by atoms with Crippen molar-refractivity contribution in [3.8, 4) is 5.75 Å². The normalized spacial score (nSPS) is 12.1. The molecule has 2 aromatic rings. The maximum atomic E-state index is 13.5. The van der Waals surface area contributed by atoms with E-state index >= 15 is 0 Å². The molecule has 0 bridgehead atoms. The molecule has 0 fully saturated rings. The van der Waals surface area contributed by atoms with Crippen molar-refractivity contribution in [2.24, 2.45) is 0 Å². The van der Waals surface area contributed by atoms with Gasteiger partial charge in [0.2, 0.25) is 21.8 Å². The smallest absolute Gasteiger partial charge is 0.244 e. The molecule has 8 nitrogen and oxygen atoms in total. The van der Waals surface area contributed by atoms with Crippen molar-refractivity contribution < 1.29 is 22.7 Å². The average molecular weight is 496 g/mol. The third-order valence-electron chi connectivity index (χ3n) is 5.23. The number of carbonyl (C=O) groups excluding carboxylic acids is 2. The van der Waals surface area contributed by atoms with Gasteiger partial charge < -0.3 is 15.0 Å². The van der Waals surface area contributed by atoms with Crippen LogP contribution in [0.5, 0.6) is 5.75 Å². The third kappa shape index (κ3) is 6.85. The summed E-state index contributed by atoms with van der Waals surface area (Å²) in [6, 6.07) is 11.1. The zero-order valence-electron chi connectivity index (χ0n) is 19.5. The van der Waals surface area contributed by atoms with Crippen LogP contribution in [0, 0.1) is 6.92 Å². The Morgan fingerprint density at radius 2 is 1.88 bits per heavy atom. The Bertz CT molecular complexity index is 1110. The zero-order valence-corrected chi connectivity index (χ0v) is 21.0. The van der Waals surface area contributed by atoms with Gasteiger partial charge in [-0.1, -0.05) is 30.7 Å². The number of hydrogen-bond acceptors (Lipinski definition) is 5. The van der Waals surface area contributed by atoms with E-state index < -0.39 is 28.5 Å². The molecule has 0 saturated heterocycles. The first-order chi connectivity index (χ1) is 15.5. The standard InChI is InChI=1S/C23H30ClN3O5S/c1-6-20(23(29)25-3)26(14-17-8-7-9-19(13-17)32-4)22(28)15-27(33(5,30)31)21-11-10-18(24)12-16(21)2/h7-13,20H,6,14-15H2,1-5H3,(H,25,29)/t20-/m0/s1. The lowest BCUT2D eigenvalue weighted by Gasteiger charge is -2.33. The second-order valence-corrected chi connectivity index (χ2v) is 9.96. The summed E-state index contributed by atoms with van der Waals surface area (Å²) in [5.74, 6) is -0.224. The number of sulfonamides is 1. The van der Waals surface area contributed by atoms with Gasteiger partial charge in [-0.25, -0.2) is 8.42 Å². The molecular formula is C23H30ClN3O5S. The van der Waals surface area contributed by atoms with Crippen LogP contribution in [0.15, 0.2) is 42.5 Å². The summed E-state index contributed by atoms with van der Waals surface area (Å²) in [7, 11) is -0.761. The molecule has 2 amide bonds. The Morgan fingerprint density at radius 1 is 1.18 bits per heavy atom. The van der Waals surface area contributed by atoms with Gasteiger partial charge in [-0.3, -0.25) is 13.9 Å². The molecular weight excluding hydrogens is 466 g/mol. The fourth-order valence-electron chi connectivity index (χ4n) is 3.55. The van der Waals surface area contributed by atoms with Crippen molar-refractivity contribution in [1.82, 2.24) is 10.2 Å². The van der Waals surface area contributed by atoms with Crippen LogP contribution < -0.4 is 14.4 Å². The van der Waals surface area contributed by atoms with Crippen molar-refractivity contribution in [3.05, 3.63) is 58.6 Å². The average Bonchev–Trinajstić information content (AvgIpc) is 2.76. The van der Waals surface area contributed by atoms with Crippen LogP contribution in [0.3, 0.4) is 0 Å². The van der Waals surface area contributed by atoms with E-state index in [4.69, 9.17) is 16.3 Å². The summed E-state index contributed by atoms with van der Waals surface area (Å²) in [6.07, 6.45) is 1.39. The van der Waals surface area contributed by atoms with E-state index in [0.29, 0.717) is 28.4 Å². The van der Waals surface area contributed by atoms with Crippen molar-refractivity contribution in [2.75, 3.05) is 31.3 Å². The Morgan fingerprint density at radius 3 is 2.42 bits per heavy atom. The molecule has 0 aliphatic carbocycles. The molecule has 0 radical (unpaired) electrons. The number of nitrogens with zero attached hydrogens (tertiary/aromatic N) is 2. The number of methoxy groups -OCH3 is 1.